The first-order valence-electron chi connectivity index (χ1n) is 9.23. The lowest BCUT2D eigenvalue weighted by Gasteiger charge is -2.39. The summed E-state index contributed by atoms with van der Waals surface area (Å²) < 4.78 is 12.3. The molecule has 0 amide bonds. The van der Waals surface area contributed by atoms with Gasteiger partial charge in [-0.05, 0) is 55.2 Å². The van der Waals surface area contributed by atoms with Gasteiger partial charge in [0.15, 0.2) is 5.79 Å². The monoisotopic (exact) mass is 368 g/mol. The van der Waals surface area contributed by atoms with Crippen molar-refractivity contribution in [2.24, 2.45) is 0 Å². The van der Waals surface area contributed by atoms with E-state index in [1.807, 2.05) is 18.3 Å². The van der Waals surface area contributed by atoms with Crippen molar-refractivity contribution in [1.82, 2.24) is 0 Å². The van der Waals surface area contributed by atoms with E-state index in [4.69, 9.17) is 15.9 Å². The Kier molecular flexibility index (Phi) is 4.66. The normalized spacial score (nSPS) is 27.5. The van der Waals surface area contributed by atoms with Crippen molar-refractivity contribution in [3.63, 3.8) is 0 Å². The Morgan fingerprint density at radius 2 is 2.15 bits per heavy atom. The molecule has 1 spiro atoms. The minimum absolute atomic E-state index is 0.0372. The van der Waals surface area contributed by atoms with Gasteiger partial charge in [0.05, 0.1) is 18.8 Å². The van der Waals surface area contributed by atoms with Crippen molar-refractivity contribution in [1.29, 1.82) is 0 Å². The maximum absolute atomic E-state index is 10.3. The van der Waals surface area contributed by atoms with E-state index in [2.05, 4.69) is 37.1 Å². The molecule has 0 unspecified atom stereocenters. The number of terminal acetylenes is 1. The Bertz CT molecular complexity index is 851. The third-order valence-corrected chi connectivity index (χ3v) is 6.52. The fraction of sp³-hybridized carbons (Fsp3) is 0.455. The average Bonchev–Trinajstić information content (AvgIpc) is 3.19. The molecule has 0 aliphatic carbocycles. The second-order valence-electron chi connectivity index (χ2n) is 7.27. The number of aryl methyl sites for hydroxylation is 1. The lowest BCUT2D eigenvalue weighted by molar-refractivity contribution is -0.295. The molecule has 0 radical (unpaired) electrons. The molecular formula is C22H24O3S. The van der Waals surface area contributed by atoms with E-state index in [-0.39, 0.29) is 6.10 Å². The molecule has 4 rings (SSSR count). The highest BCUT2D eigenvalue weighted by Crippen LogP contribution is 2.46. The summed E-state index contributed by atoms with van der Waals surface area (Å²) in [5.74, 6) is 2.00. The number of ether oxygens (including phenoxy) is 2. The van der Waals surface area contributed by atoms with Gasteiger partial charge in [-0.25, -0.2) is 0 Å². The number of thiophene rings is 1. The Balaban J connectivity index is 1.72. The van der Waals surface area contributed by atoms with Crippen LogP contribution in [-0.2, 0) is 34.7 Å². The van der Waals surface area contributed by atoms with Crippen LogP contribution in [-0.4, -0.2) is 17.3 Å². The quantitative estimate of drug-likeness (QED) is 0.828. The fourth-order valence-electron chi connectivity index (χ4n) is 4.08. The molecule has 136 valence electrons. The number of fused-ring (bicyclic) bond motifs is 2. The van der Waals surface area contributed by atoms with Crippen LogP contribution in [0, 0.1) is 12.3 Å². The van der Waals surface area contributed by atoms with Gasteiger partial charge in [0.2, 0.25) is 0 Å². The average molecular weight is 368 g/mol. The Hall–Kier alpha value is -1.64. The van der Waals surface area contributed by atoms with E-state index in [0.29, 0.717) is 19.4 Å². The SMILES string of the molecule is C#Cc1cc2c(cc1Cc1ccc(CC)s1)[C@]1(C[C@@H](O)C[C@@H](C)O1)OC2. The van der Waals surface area contributed by atoms with Gasteiger partial charge in [-0.15, -0.1) is 17.8 Å². The van der Waals surface area contributed by atoms with E-state index in [0.717, 1.165) is 35.1 Å². The molecule has 2 aliphatic heterocycles. The van der Waals surface area contributed by atoms with E-state index in [9.17, 15) is 5.11 Å². The molecule has 3 heterocycles. The largest absolute Gasteiger partial charge is 0.393 e. The lowest BCUT2D eigenvalue weighted by Crippen LogP contribution is -2.43. The first-order valence-corrected chi connectivity index (χ1v) is 10.0. The molecule has 3 nitrogen and oxygen atoms in total. The summed E-state index contributed by atoms with van der Waals surface area (Å²) in [6.45, 7) is 4.63. The summed E-state index contributed by atoms with van der Waals surface area (Å²) in [6.07, 6.45) is 8.31. The zero-order valence-electron chi connectivity index (χ0n) is 15.2. The van der Waals surface area contributed by atoms with Crippen molar-refractivity contribution in [3.8, 4) is 12.3 Å². The summed E-state index contributed by atoms with van der Waals surface area (Å²) in [5.41, 5.74) is 4.14. The minimum atomic E-state index is -0.835. The molecule has 1 N–H and O–H groups in total. The van der Waals surface area contributed by atoms with Crippen LogP contribution >= 0.6 is 11.3 Å². The van der Waals surface area contributed by atoms with Crippen LogP contribution in [0.4, 0.5) is 0 Å². The smallest absolute Gasteiger partial charge is 0.198 e. The zero-order valence-corrected chi connectivity index (χ0v) is 16.1. The van der Waals surface area contributed by atoms with Gasteiger partial charge < -0.3 is 14.6 Å². The summed E-state index contributed by atoms with van der Waals surface area (Å²) in [4.78, 5) is 2.69. The van der Waals surface area contributed by atoms with Crippen LogP contribution < -0.4 is 0 Å². The molecule has 2 aromatic rings. The van der Waals surface area contributed by atoms with Gasteiger partial charge >= 0.3 is 0 Å². The van der Waals surface area contributed by atoms with Crippen molar-refractivity contribution in [2.45, 2.75) is 64.1 Å². The van der Waals surface area contributed by atoms with E-state index < -0.39 is 11.9 Å². The Morgan fingerprint density at radius 1 is 1.35 bits per heavy atom. The van der Waals surface area contributed by atoms with Crippen LogP contribution in [0.15, 0.2) is 24.3 Å². The number of aliphatic hydroxyl groups excluding tert-OH is 1. The van der Waals surface area contributed by atoms with Gasteiger partial charge in [0, 0.05) is 33.7 Å². The van der Waals surface area contributed by atoms with E-state index in [1.165, 1.54) is 9.75 Å². The maximum Gasteiger partial charge on any atom is 0.198 e. The summed E-state index contributed by atoms with van der Waals surface area (Å²) in [7, 11) is 0. The first-order chi connectivity index (χ1) is 12.5. The van der Waals surface area contributed by atoms with Gasteiger partial charge in [0.25, 0.3) is 0 Å². The second-order valence-corrected chi connectivity index (χ2v) is 8.53. The molecule has 1 saturated heterocycles. The number of hydrogen-bond acceptors (Lipinski definition) is 4. The highest BCUT2D eigenvalue weighted by Gasteiger charge is 2.47. The van der Waals surface area contributed by atoms with Gasteiger partial charge in [-0.3, -0.25) is 0 Å². The molecular weight excluding hydrogens is 344 g/mol. The topological polar surface area (TPSA) is 38.7 Å². The minimum Gasteiger partial charge on any atom is -0.393 e. The molecule has 2 aliphatic rings. The highest BCUT2D eigenvalue weighted by molar-refractivity contribution is 7.12. The third-order valence-electron chi connectivity index (χ3n) is 5.29. The number of hydrogen-bond donors (Lipinski definition) is 1. The predicted molar refractivity (Wildman–Crippen MR) is 103 cm³/mol. The van der Waals surface area contributed by atoms with Gasteiger partial charge in [-0.1, -0.05) is 12.8 Å². The van der Waals surface area contributed by atoms with Crippen molar-refractivity contribution in [2.75, 3.05) is 0 Å². The number of rotatable bonds is 3. The molecule has 1 fully saturated rings. The Morgan fingerprint density at radius 3 is 2.85 bits per heavy atom. The summed E-state index contributed by atoms with van der Waals surface area (Å²) in [6, 6.07) is 8.58. The molecule has 1 aromatic heterocycles. The number of aliphatic hydroxyl groups is 1. The Labute approximate surface area is 159 Å². The molecule has 26 heavy (non-hydrogen) atoms. The van der Waals surface area contributed by atoms with Gasteiger partial charge in [-0.2, -0.15) is 0 Å². The second kappa shape index (κ2) is 6.83. The van der Waals surface area contributed by atoms with Crippen LogP contribution in [0.3, 0.4) is 0 Å². The lowest BCUT2D eigenvalue weighted by atomic mass is 9.89. The van der Waals surface area contributed by atoms with Crippen LogP contribution in [0.5, 0.6) is 0 Å². The van der Waals surface area contributed by atoms with Crippen molar-refractivity contribution in [3.05, 3.63) is 56.3 Å². The molecule has 0 saturated carbocycles. The molecule has 3 atom stereocenters. The van der Waals surface area contributed by atoms with E-state index in [1.54, 1.807) is 0 Å². The van der Waals surface area contributed by atoms with Gasteiger partial charge in [0.1, 0.15) is 0 Å². The third kappa shape index (κ3) is 3.10. The zero-order chi connectivity index (χ0) is 18.3. The first kappa shape index (κ1) is 17.8. The van der Waals surface area contributed by atoms with Crippen molar-refractivity contribution < 1.29 is 14.6 Å². The summed E-state index contributed by atoms with van der Waals surface area (Å²) in [5, 5.41) is 10.3. The van der Waals surface area contributed by atoms with Crippen LogP contribution in [0.1, 0.15) is 58.7 Å². The molecule has 4 heteroatoms. The predicted octanol–water partition coefficient (Wildman–Crippen LogP) is 4.13. The van der Waals surface area contributed by atoms with E-state index >= 15 is 0 Å². The molecule has 1 aromatic carbocycles. The van der Waals surface area contributed by atoms with Crippen LogP contribution in [0.25, 0.3) is 0 Å². The van der Waals surface area contributed by atoms with Crippen molar-refractivity contribution >= 4 is 11.3 Å². The highest BCUT2D eigenvalue weighted by atomic mass is 32.1. The standard InChI is InChI=1S/C22H24O3S/c1-4-15-9-17-13-24-22(12-18(23)8-14(3)25-22)21(17)11-16(15)10-20-7-6-19(5-2)26-20/h1,6-7,9,11,14,18,23H,5,8,10,12-13H2,2-3H3/t14-,18+,22-/m1/s1. The fourth-order valence-corrected chi connectivity index (χ4v) is 5.06. The number of benzene rings is 1. The van der Waals surface area contributed by atoms with Crippen LogP contribution in [0.2, 0.25) is 0 Å². The summed E-state index contributed by atoms with van der Waals surface area (Å²) >= 11 is 1.84. The maximum atomic E-state index is 10.3. The molecule has 0 bridgehead atoms.